The molecule has 4 aliphatic carbocycles. The van der Waals surface area contributed by atoms with Crippen LogP contribution in [-0.2, 0) is 34.6 Å². The van der Waals surface area contributed by atoms with Gasteiger partial charge in [0.2, 0.25) is 11.9 Å². The summed E-state index contributed by atoms with van der Waals surface area (Å²) >= 11 is -1.55. The molecule has 0 saturated heterocycles. The van der Waals surface area contributed by atoms with Crippen molar-refractivity contribution < 1.29 is 48.1 Å². The van der Waals surface area contributed by atoms with Gasteiger partial charge in [-0.25, -0.2) is 9.10 Å². The first-order chi connectivity index (χ1) is 20.6. The SMILES string of the molecule is O=C(O)C1CC([N+](=O)[O-])CCC1C(=O)NC1CCCC(S(=O)OC2CCCC(NOCC3CCC(O)CC3COO)C2)C1. The Balaban J connectivity index is 1.20. The second-order valence-corrected chi connectivity index (χ2v) is 14.2. The van der Waals surface area contributed by atoms with E-state index in [2.05, 4.69) is 15.7 Å². The van der Waals surface area contributed by atoms with Gasteiger partial charge in [0, 0.05) is 29.8 Å². The van der Waals surface area contributed by atoms with Gasteiger partial charge in [0.1, 0.15) is 0 Å². The van der Waals surface area contributed by atoms with E-state index in [9.17, 15) is 34.1 Å². The van der Waals surface area contributed by atoms with Crippen LogP contribution < -0.4 is 10.8 Å². The zero-order valence-electron chi connectivity index (χ0n) is 24.6. The summed E-state index contributed by atoms with van der Waals surface area (Å²) in [5.74, 6) is -3.31. The molecule has 5 N–H and O–H groups in total. The van der Waals surface area contributed by atoms with Gasteiger partial charge < -0.3 is 20.4 Å². The highest BCUT2D eigenvalue weighted by molar-refractivity contribution is 7.80. The maximum Gasteiger partial charge on any atom is 0.307 e. The lowest BCUT2D eigenvalue weighted by Crippen LogP contribution is -2.48. The summed E-state index contributed by atoms with van der Waals surface area (Å²) < 4.78 is 19.2. The minimum absolute atomic E-state index is 0.0201. The van der Waals surface area contributed by atoms with Crippen molar-refractivity contribution in [2.75, 3.05) is 13.2 Å². The molecular weight excluding hydrogens is 586 g/mol. The van der Waals surface area contributed by atoms with E-state index < -0.39 is 45.8 Å². The fraction of sp³-hybridized carbons (Fsp3) is 0.929. The van der Waals surface area contributed by atoms with Gasteiger partial charge in [-0.15, -0.1) is 0 Å². The first kappa shape index (κ1) is 34.1. The van der Waals surface area contributed by atoms with E-state index in [1.165, 1.54) is 0 Å². The molecular formula is C28H47N3O11S. The molecule has 0 aliphatic heterocycles. The first-order valence-electron chi connectivity index (χ1n) is 15.7. The van der Waals surface area contributed by atoms with E-state index in [1.807, 2.05) is 0 Å². The smallest absolute Gasteiger partial charge is 0.307 e. The minimum Gasteiger partial charge on any atom is -0.481 e. The summed E-state index contributed by atoms with van der Waals surface area (Å²) in [6, 6.07) is -1.16. The summed E-state index contributed by atoms with van der Waals surface area (Å²) in [5.41, 5.74) is 3.13. The lowest BCUT2D eigenvalue weighted by molar-refractivity contribution is -0.528. The molecule has 15 heteroatoms. The molecule has 4 aliphatic rings. The third kappa shape index (κ3) is 9.87. The number of carboxylic acid groups (broad SMARTS) is 1. The Bertz CT molecular complexity index is 974. The molecule has 0 heterocycles. The maximum absolute atomic E-state index is 13.2. The highest BCUT2D eigenvalue weighted by atomic mass is 32.2. The van der Waals surface area contributed by atoms with Gasteiger partial charge in [-0.1, -0.05) is 6.42 Å². The van der Waals surface area contributed by atoms with Crippen LogP contribution in [0.15, 0.2) is 0 Å². The van der Waals surface area contributed by atoms with Gasteiger partial charge in [-0.05, 0) is 82.5 Å². The van der Waals surface area contributed by atoms with Crippen LogP contribution >= 0.6 is 0 Å². The molecule has 4 rings (SSSR count). The molecule has 1 amide bonds. The Kier molecular flexibility index (Phi) is 13.1. The van der Waals surface area contributed by atoms with Gasteiger partial charge in [0.05, 0.1) is 42.5 Å². The molecule has 0 spiro atoms. The molecule has 0 aromatic rings. The normalized spacial score (nSPS) is 37.7. The number of carboxylic acids is 1. The second kappa shape index (κ2) is 16.5. The van der Waals surface area contributed by atoms with Crippen molar-refractivity contribution in [1.82, 2.24) is 10.8 Å². The van der Waals surface area contributed by atoms with Crippen LogP contribution in [-0.4, -0.2) is 85.3 Å². The predicted molar refractivity (Wildman–Crippen MR) is 153 cm³/mol. The molecule has 4 saturated carbocycles. The Morgan fingerprint density at radius 3 is 2.40 bits per heavy atom. The van der Waals surface area contributed by atoms with E-state index in [-0.39, 0.29) is 67.2 Å². The molecule has 0 aromatic carbocycles. The van der Waals surface area contributed by atoms with Gasteiger partial charge in [-0.2, -0.15) is 5.48 Å². The number of nitrogens with zero attached hydrogens (tertiary/aromatic N) is 1. The highest BCUT2D eigenvalue weighted by Gasteiger charge is 2.44. The maximum atomic E-state index is 13.2. The van der Waals surface area contributed by atoms with Crippen LogP contribution in [0.3, 0.4) is 0 Å². The van der Waals surface area contributed by atoms with Crippen molar-refractivity contribution >= 4 is 23.0 Å². The molecule has 0 aromatic heterocycles. The van der Waals surface area contributed by atoms with E-state index in [0.717, 1.165) is 32.1 Å². The van der Waals surface area contributed by atoms with Gasteiger partial charge in [-0.3, -0.25) is 29.1 Å². The summed E-state index contributed by atoms with van der Waals surface area (Å²) in [5, 5.41) is 42.3. The first-order valence-corrected chi connectivity index (χ1v) is 16.8. The van der Waals surface area contributed by atoms with Gasteiger partial charge in [0.25, 0.3) is 0 Å². The molecule has 0 bridgehead atoms. The Morgan fingerprint density at radius 1 is 0.884 bits per heavy atom. The standard InChI is InChI=1S/C28H47N3O11S/c32-22-9-7-17(18(11-22)16-41-38)15-40-30-20-4-1-5-23(12-20)42-43(39)24-6-2-3-19(13-24)29-27(33)25-10-8-21(31(36)37)14-26(25)28(34)35/h17-26,30,32,38H,1-16H2,(H,29,33)(H,34,35). The number of amides is 1. The lowest BCUT2D eigenvalue weighted by Gasteiger charge is -2.35. The topological polar surface area (TPSA) is 207 Å². The number of carbonyl (C=O) groups is 2. The number of hydroxylamine groups is 1. The summed E-state index contributed by atoms with van der Waals surface area (Å²) in [6.45, 7) is 0.601. The minimum atomic E-state index is -1.55. The molecule has 0 radical (unpaired) electrons. The van der Waals surface area contributed by atoms with Crippen LogP contribution in [0.25, 0.3) is 0 Å². The zero-order chi connectivity index (χ0) is 30.9. The number of rotatable bonds is 13. The van der Waals surface area contributed by atoms with E-state index in [4.69, 9.17) is 14.3 Å². The van der Waals surface area contributed by atoms with Crippen molar-refractivity contribution in [3.8, 4) is 0 Å². The number of aliphatic hydroxyl groups excluding tert-OH is 1. The number of hydrogen-bond donors (Lipinski definition) is 5. The molecule has 4 fully saturated rings. The molecule has 11 atom stereocenters. The fourth-order valence-corrected chi connectivity index (χ4v) is 8.68. The van der Waals surface area contributed by atoms with E-state index >= 15 is 0 Å². The largest absolute Gasteiger partial charge is 0.481 e. The summed E-state index contributed by atoms with van der Waals surface area (Å²) in [7, 11) is 0. The predicted octanol–water partition coefficient (Wildman–Crippen LogP) is 2.34. The number of nitro groups is 1. The highest BCUT2D eigenvalue weighted by Crippen LogP contribution is 2.34. The van der Waals surface area contributed by atoms with E-state index in [0.29, 0.717) is 45.1 Å². The van der Waals surface area contributed by atoms with E-state index in [1.54, 1.807) is 0 Å². The third-order valence-electron chi connectivity index (χ3n) is 9.82. The Morgan fingerprint density at radius 2 is 1.65 bits per heavy atom. The number of nitrogens with one attached hydrogen (secondary N) is 2. The van der Waals surface area contributed by atoms with Crippen LogP contribution in [0.2, 0.25) is 0 Å². The average molecular weight is 634 g/mol. The lowest BCUT2D eigenvalue weighted by atomic mass is 9.76. The van der Waals surface area contributed by atoms with Crippen LogP contribution in [0.1, 0.15) is 89.9 Å². The third-order valence-corrected chi connectivity index (χ3v) is 11.3. The Hall–Kier alpha value is -1.75. The van der Waals surface area contributed by atoms with Crippen LogP contribution in [0.4, 0.5) is 0 Å². The van der Waals surface area contributed by atoms with Crippen molar-refractivity contribution in [3.05, 3.63) is 10.1 Å². The molecule has 43 heavy (non-hydrogen) atoms. The molecule has 246 valence electrons. The van der Waals surface area contributed by atoms with Crippen molar-refractivity contribution in [3.63, 3.8) is 0 Å². The quantitative estimate of drug-likeness (QED) is 0.113. The summed E-state index contributed by atoms with van der Waals surface area (Å²) in [6.07, 6.45) is 7.49. The monoisotopic (exact) mass is 633 g/mol. The van der Waals surface area contributed by atoms with Crippen LogP contribution in [0.5, 0.6) is 0 Å². The number of aliphatic hydroxyl groups is 1. The number of aliphatic carboxylic acids is 1. The van der Waals surface area contributed by atoms with Gasteiger partial charge >= 0.3 is 5.97 Å². The fourth-order valence-electron chi connectivity index (χ4n) is 7.33. The number of hydrogen-bond acceptors (Lipinski definition) is 11. The molecule has 14 nitrogen and oxygen atoms in total. The zero-order valence-corrected chi connectivity index (χ0v) is 25.4. The average Bonchev–Trinajstić information content (AvgIpc) is 2.98. The number of carbonyl (C=O) groups excluding carboxylic acids is 1. The molecule has 11 unspecified atom stereocenters. The van der Waals surface area contributed by atoms with Crippen molar-refractivity contribution in [2.45, 2.75) is 125 Å². The summed E-state index contributed by atoms with van der Waals surface area (Å²) in [4.78, 5) is 45.7. The van der Waals surface area contributed by atoms with Crippen LogP contribution in [0, 0.1) is 33.8 Å². The second-order valence-electron chi connectivity index (χ2n) is 12.9. The van der Waals surface area contributed by atoms with Crippen molar-refractivity contribution in [1.29, 1.82) is 0 Å². The van der Waals surface area contributed by atoms with Gasteiger partial charge in [0.15, 0.2) is 11.1 Å². The van der Waals surface area contributed by atoms with Crippen molar-refractivity contribution in [2.24, 2.45) is 23.7 Å². The Labute approximate surface area is 254 Å².